The molecule has 5 atom stereocenters. The van der Waals surface area contributed by atoms with Crippen LogP contribution < -0.4 is 0 Å². The van der Waals surface area contributed by atoms with E-state index in [0.29, 0.717) is 43.4 Å². The second-order valence-corrected chi connectivity index (χ2v) is 28.3. The van der Waals surface area contributed by atoms with Crippen LogP contribution in [0.3, 0.4) is 0 Å². The average Bonchev–Trinajstić information content (AvgIpc) is 3.49. The van der Waals surface area contributed by atoms with Gasteiger partial charge in [0.15, 0.2) is 12.2 Å². The highest BCUT2D eigenvalue weighted by Gasteiger charge is 2.30. The summed E-state index contributed by atoms with van der Waals surface area (Å²) in [5.41, 5.74) is 0. The zero-order valence-corrected chi connectivity index (χ0v) is 56.3. The lowest BCUT2D eigenvalue weighted by molar-refractivity contribution is -0.161. The van der Waals surface area contributed by atoms with Gasteiger partial charge in [-0.2, -0.15) is 0 Å². The van der Waals surface area contributed by atoms with Crippen LogP contribution in [0.1, 0.15) is 312 Å². The van der Waals surface area contributed by atoms with Crippen LogP contribution in [-0.2, 0) is 65.4 Å². The van der Waals surface area contributed by atoms with E-state index in [1.54, 1.807) is 0 Å². The Bertz CT molecular complexity index is 1680. The van der Waals surface area contributed by atoms with Crippen LogP contribution in [-0.4, -0.2) is 96.7 Å². The van der Waals surface area contributed by atoms with Crippen molar-refractivity contribution in [3.8, 4) is 0 Å². The van der Waals surface area contributed by atoms with Crippen molar-refractivity contribution in [3.63, 3.8) is 0 Å². The molecule has 0 amide bonds. The lowest BCUT2D eigenvalue weighted by Gasteiger charge is -2.21. The van der Waals surface area contributed by atoms with Gasteiger partial charge in [-0.1, -0.05) is 261 Å². The van der Waals surface area contributed by atoms with Crippen molar-refractivity contribution in [2.24, 2.45) is 23.7 Å². The van der Waals surface area contributed by atoms with Crippen molar-refractivity contribution in [2.45, 2.75) is 331 Å². The van der Waals surface area contributed by atoms with Crippen molar-refractivity contribution in [1.29, 1.82) is 0 Å². The largest absolute Gasteiger partial charge is 0.472 e. The minimum atomic E-state index is -4.95. The molecule has 0 radical (unpaired) electrons. The highest BCUT2D eigenvalue weighted by molar-refractivity contribution is 7.47. The molecule has 0 saturated heterocycles. The quantitative estimate of drug-likeness (QED) is 0.0222. The van der Waals surface area contributed by atoms with Crippen molar-refractivity contribution in [3.05, 3.63) is 0 Å². The molecular formula is C65H126O17P2. The van der Waals surface area contributed by atoms with Crippen molar-refractivity contribution < 1.29 is 80.2 Å². The summed E-state index contributed by atoms with van der Waals surface area (Å²) in [6.07, 6.45) is 35.4. The number of unbranched alkanes of at least 4 members (excludes halogenated alkanes) is 28. The van der Waals surface area contributed by atoms with Gasteiger partial charge in [0.2, 0.25) is 0 Å². The van der Waals surface area contributed by atoms with E-state index in [-0.39, 0.29) is 25.7 Å². The van der Waals surface area contributed by atoms with Gasteiger partial charge in [0.25, 0.3) is 0 Å². The van der Waals surface area contributed by atoms with Gasteiger partial charge >= 0.3 is 39.5 Å². The molecule has 0 aliphatic carbocycles. The van der Waals surface area contributed by atoms with Crippen LogP contribution in [0, 0.1) is 23.7 Å². The minimum Gasteiger partial charge on any atom is -0.462 e. The summed E-state index contributed by atoms with van der Waals surface area (Å²) in [4.78, 5) is 72.1. The smallest absolute Gasteiger partial charge is 0.462 e. The van der Waals surface area contributed by atoms with Gasteiger partial charge in [0.05, 0.1) is 26.4 Å². The molecular weight excluding hydrogens is 1110 g/mol. The van der Waals surface area contributed by atoms with Crippen LogP contribution >= 0.6 is 15.6 Å². The molecule has 0 aromatic rings. The van der Waals surface area contributed by atoms with Gasteiger partial charge in [-0.25, -0.2) is 9.13 Å². The number of carbonyl (C=O) groups excluding carboxylic acids is 4. The van der Waals surface area contributed by atoms with E-state index in [1.807, 2.05) is 0 Å². The SMILES string of the molecule is CC(C)CCCCCCCCCCCCCCCCC(=O)OC[C@H](COP(=O)(O)OC[C@@H](O)COP(=O)(O)OC[C@@H](COC(=O)CCCCCCCCC(C)C)OC(=O)CCCCCCCCC(C)C)OC(=O)CCCCCCCCC(C)C. The average molecular weight is 1240 g/mol. The van der Waals surface area contributed by atoms with E-state index < -0.39 is 97.5 Å². The second-order valence-electron chi connectivity index (χ2n) is 25.4. The van der Waals surface area contributed by atoms with Gasteiger partial charge in [-0.3, -0.25) is 37.3 Å². The normalized spacial score (nSPS) is 14.4. The first-order valence-electron chi connectivity index (χ1n) is 33.7. The third-order valence-electron chi connectivity index (χ3n) is 14.8. The molecule has 0 rings (SSSR count). The Hall–Kier alpha value is -1.94. The van der Waals surface area contributed by atoms with E-state index in [0.717, 1.165) is 102 Å². The molecule has 0 aromatic carbocycles. The number of rotatable bonds is 62. The lowest BCUT2D eigenvalue weighted by atomic mass is 10.0. The van der Waals surface area contributed by atoms with Gasteiger partial charge in [-0.05, 0) is 49.4 Å². The maximum absolute atomic E-state index is 13.0. The van der Waals surface area contributed by atoms with E-state index in [1.165, 1.54) is 109 Å². The third kappa shape index (κ3) is 59.0. The highest BCUT2D eigenvalue weighted by atomic mass is 31.2. The molecule has 0 aliphatic heterocycles. The number of phosphoric ester groups is 2. The van der Waals surface area contributed by atoms with Crippen molar-refractivity contribution in [2.75, 3.05) is 39.6 Å². The minimum absolute atomic E-state index is 0.100. The molecule has 3 N–H and O–H groups in total. The lowest BCUT2D eigenvalue weighted by Crippen LogP contribution is -2.30. The fourth-order valence-corrected chi connectivity index (χ4v) is 11.2. The van der Waals surface area contributed by atoms with Crippen molar-refractivity contribution in [1.82, 2.24) is 0 Å². The number of esters is 4. The molecule has 0 saturated carbocycles. The third-order valence-corrected chi connectivity index (χ3v) is 16.7. The van der Waals surface area contributed by atoms with E-state index in [4.69, 9.17) is 37.0 Å². The first kappa shape index (κ1) is 82.1. The fraction of sp³-hybridized carbons (Fsp3) is 0.938. The number of hydrogen-bond donors (Lipinski definition) is 3. The van der Waals surface area contributed by atoms with E-state index >= 15 is 0 Å². The van der Waals surface area contributed by atoms with E-state index in [9.17, 15) is 43.2 Å². The molecule has 0 aromatic heterocycles. The van der Waals surface area contributed by atoms with Gasteiger partial charge in [-0.15, -0.1) is 0 Å². The molecule has 0 aliphatic rings. The van der Waals surface area contributed by atoms with Crippen LogP contribution in [0.25, 0.3) is 0 Å². The maximum atomic E-state index is 13.0. The maximum Gasteiger partial charge on any atom is 0.472 e. The fourth-order valence-electron chi connectivity index (χ4n) is 9.61. The Balaban J connectivity index is 5.16. The molecule has 0 fully saturated rings. The monoisotopic (exact) mass is 1240 g/mol. The zero-order chi connectivity index (χ0) is 62.5. The van der Waals surface area contributed by atoms with Crippen LogP contribution in [0.5, 0.6) is 0 Å². The summed E-state index contributed by atoms with van der Waals surface area (Å²) >= 11 is 0. The second kappa shape index (κ2) is 55.2. The molecule has 17 nitrogen and oxygen atoms in total. The Kier molecular flexibility index (Phi) is 53.9. The van der Waals surface area contributed by atoms with Crippen LogP contribution in [0.15, 0.2) is 0 Å². The molecule has 84 heavy (non-hydrogen) atoms. The summed E-state index contributed by atoms with van der Waals surface area (Å²) < 4.78 is 67.9. The standard InChI is InChI=1S/C65H126O17P2/c1-55(2)41-33-25-17-15-13-11-9-10-12-14-16-18-29-37-45-62(67)75-51-60(81-64(69)47-39-31-23-20-27-35-43-57(5)6)53-79-83(71,72)77-49-59(66)50-78-84(73,74)80-54-61(82-65(70)48-40-32-24-21-28-36-44-58(7)8)52-76-63(68)46-38-30-22-19-26-34-42-56(3)4/h55-61,66H,9-54H2,1-8H3,(H,71,72)(H,73,74)/t59-,60-,61-/m1/s1. The Morgan fingerprint density at radius 1 is 0.298 bits per heavy atom. The van der Waals surface area contributed by atoms with Crippen LogP contribution in [0.2, 0.25) is 0 Å². The Morgan fingerprint density at radius 2 is 0.500 bits per heavy atom. The first-order valence-corrected chi connectivity index (χ1v) is 36.7. The van der Waals surface area contributed by atoms with Crippen molar-refractivity contribution >= 4 is 39.5 Å². The van der Waals surface area contributed by atoms with E-state index in [2.05, 4.69) is 55.4 Å². The molecule has 0 bridgehead atoms. The number of aliphatic hydroxyl groups excluding tert-OH is 1. The molecule has 0 spiro atoms. The summed E-state index contributed by atoms with van der Waals surface area (Å²) in [7, 11) is -9.89. The number of carbonyl (C=O) groups is 4. The predicted molar refractivity (Wildman–Crippen MR) is 335 cm³/mol. The van der Waals surface area contributed by atoms with Gasteiger partial charge in [0.1, 0.15) is 19.3 Å². The highest BCUT2D eigenvalue weighted by Crippen LogP contribution is 2.45. The number of phosphoric acid groups is 2. The number of ether oxygens (including phenoxy) is 4. The first-order chi connectivity index (χ1) is 40.1. The molecule has 0 heterocycles. The zero-order valence-electron chi connectivity index (χ0n) is 54.5. The van der Waals surface area contributed by atoms with Crippen LogP contribution in [0.4, 0.5) is 0 Å². The summed E-state index contributed by atoms with van der Waals surface area (Å²) in [6.45, 7) is 13.9. The number of aliphatic hydroxyl groups is 1. The van der Waals surface area contributed by atoms with Gasteiger partial charge in [0, 0.05) is 25.7 Å². The molecule has 2 unspecified atom stereocenters. The summed E-state index contributed by atoms with van der Waals surface area (Å²) in [5.74, 6) is 0.671. The Morgan fingerprint density at radius 3 is 0.738 bits per heavy atom. The molecule has 498 valence electrons. The topological polar surface area (TPSA) is 237 Å². The summed E-state index contributed by atoms with van der Waals surface area (Å²) in [6, 6.07) is 0. The number of hydrogen-bond acceptors (Lipinski definition) is 15. The summed E-state index contributed by atoms with van der Waals surface area (Å²) in [5, 5.41) is 10.5. The predicted octanol–water partition coefficient (Wildman–Crippen LogP) is 17.8. The van der Waals surface area contributed by atoms with Gasteiger partial charge < -0.3 is 33.8 Å². The Labute approximate surface area is 511 Å². The molecule has 19 heteroatoms.